The number of nitrogens with one attached hydrogen (secondary N) is 8. The molecule has 0 aliphatic carbocycles. The van der Waals surface area contributed by atoms with Gasteiger partial charge in [0.1, 0.15) is 60.7 Å². The summed E-state index contributed by atoms with van der Waals surface area (Å²) in [5.41, 5.74) is 28.9. The molecular weight excluding hydrogens is 1320 g/mol. The highest BCUT2D eigenvalue weighted by molar-refractivity contribution is 6.02. The second-order valence-electron chi connectivity index (χ2n) is 26.2. The van der Waals surface area contributed by atoms with Crippen molar-refractivity contribution in [2.45, 2.75) is 206 Å². The van der Waals surface area contributed by atoms with Crippen LogP contribution in [0.1, 0.15) is 126 Å². The van der Waals surface area contributed by atoms with Gasteiger partial charge in [-0.2, -0.15) is 0 Å². The molecule has 564 valence electrons. The van der Waals surface area contributed by atoms with E-state index in [2.05, 4.69) is 36.9 Å². The summed E-state index contributed by atoms with van der Waals surface area (Å²) in [6.07, 6.45) is -7.11. The van der Waals surface area contributed by atoms with Crippen molar-refractivity contribution in [2.24, 2.45) is 63.3 Å². The zero-order valence-electron chi connectivity index (χ0n) is 59.0. The monoisotopic (exact) mass is 1430 g/mol. The number of aliphatic hydroxyl groups excluding tert-OH is 4. The van der Waals surface area contributed by atoms with Crippen LogP contribution in [0, 0.1) is 29.6 Å². The van der Waals surface area contributed by atoms with Gasteiger partial charge in [0.2, 0.25) is 53.2 Å². The van der Waals surface area contributed by atoms with Gasteiger partial charge in [0.05, 0.1) is 31.4 Å². The third-order valence-corrected chi connectivity index (χ3v) is 15.7. The van der Waals surface area contributed by atoms with Gasteiger partial charge in [0, 0.05) is 13.0 Å². The van der Waals surface area contributed by atoms with Crippen molar-refractivity contribution in [2.75, 3.05) is 19.7 Å². The molecule has 0 fully saturated rings. The van der Waals surface area contributed by atoms with Crippen molar-refractivity contribution in [3.05, 3.63) is 65.7 Å². The van der Waals surface area contributed by atoms with Gasteiger partial charge in [-0.15, -0.1) is 0 Å². The van der Waals surface area contributed by atoms with E-state index in [0.29, 0.717) is 10.5 Å². The lowest BCUT2D eigenvalue weighted by atomic mass is 9.96. The number of benzene rings is 2. The number of hydrogen-bond acceptors (Lipinski definition) is 22. The summed E-state index contributed by atoms with van der Waals surface area (Å²) in [5.74, 6) is -16.5. The van der Waals surface area contributed by atoms with Crippen LogP contribution in [0.2, 0.25) is 0 Å². The van der Waals surface area contributed by atoms with E-state index in [1.165, 1.54) is 18.2 Å². The Morgan fingerprint density at radius 1 is 0.594 bits per heavy atom. The van der Waals surface area contributed by atoms with Crippen molar-refractivity contribution >= 4 is 83.1 Å². The number of aliphatic imine (C=N–C) groups is 1. The molecule has 2 aromatic rings. The van der Waals surface area contributed by atoms with Crippen molar-refractivity contribution in [1.29, 1.82) is 0 Å². The van der Waals surface area contributed by atoms with Gasteiger partial charge in [-0.25, -0.2) is 19.3 Å². The van der Waals surface area contributed by atoms with Crippen LogP contribution in [0.15, 0.2) is 59.6 Å². The van der Waals surface area contributed by atoms with Gasteiger partial charge in [0.25, 0.3) is 5.91 Å². The maximum atomic E-state index is 14.5. The molecule has 0 aliphatic rings. The number of carboxylic acid groups (broad SMARTS) is 1. The summed E-state index contributed by atoms with van der Waals surface area (Å²) >= 11 is 0. The topological polar surface area (TPSA) is 583 Å². The largest absolute Gasteiger partial charge is 0.480 e. The van der Waals surface area contributed by atoms with Gasteiger partial charge >= 0.3 is 18.0 Å². The molecule has 0 saturated heterocycles. The lowest BCUT2D eigenvalue weighted by molar-refractivity contribution is -0.150. The number of imide groups is 1. The van der Waals surface area contributed by atoms with E-state index in [1.807, 2.05) is 24.5 Å². The quantitative estimate of drug-likeness (QED) is 0.0100. The Balaban J connectivity index is 2.38. The van der Waals surface area contributed by atoms with Gasteiger partial charge in [0.15, 0.2) is 18.1 Å². The number of ether oxygens (including phenoxy) is 2. The van der Waals surface area contributed by atoms with E-state index < -0.39 is 194 Å². The molecule has 35 nitrogen and oxygen atoms in total. The van der Waals surface area contributed by atoms with Gasteiger partial charge in [-0.1, -0.05) is 118 Å². The highest BCUT2D eigenvalue weighted by Crippen LogP contribution is 2.22. The van der Waals surface area contributed by atoms with Crippen LogP contribution in [0.3, 0.4) is 0 Å². The fourth-order valence-electron chi connectivity index (χ4n) is 9.93. The number of amides is 11. The first-order valence-electron chi connectivity index (χ1n) is 33.2. The minimum absolute atomic E-state index is 0.00429. The molecule has 14 atom stereocenters. The normalized spacial score (nSPS) is 15.5. The van der Waals surface area contributed by atoms with Gasteiger partial charge < -0.3 is 106 Å². The third-order valence-electron chi connectivity index (χ3n) is 15.7. The van der Waals surface area contributed by atoms with Crippen LogP contribution in [-0.2, 0) is 75.3 Å². The number of aliphatic carboxylic acids is 1. The van der Waals surface area contributed by atoms with Crippen LogP contribution in [-0.4, -0.2) is 212 Å². The number of carboxylic acids is 1. The van der Waals surface area contributed by atoms with Crippen molar-refractivity contribution in [3.8, 4) is 5.75 Å². The first kappa shape index (κ1) is 87.7. The zero-order valence-corrected chi connectivity index (χ0v) is 59.0. The summed E-state index contributed by atoms with van der Waals surface area (Å²) in [6.45, 7) is 15.5. The number of nitrogens with two attached hydrogens (primary N) is 5. The fraction of sp³-hybridized carbons (Fsp3) is 0.606. The van der Waals surface area contributed by atoms with Crippen LogP contribution in [0.25, 0.3) is 0 Å². The van der Waals surface area contributed by atoms with E-state index in [9.17, 15) is 87.9 Å². The van der Waals surface area contributed by atoms with E-state index in [1.54, 1.807) is 85.7 Å². The van der Waals surface area contributed by atoms with Crippen molar-refractivity contribution in [3.63, 3.8) is 0 Å². The Bertz CT molecular complexity index is 3150. The first-order chi connectivity index (χ1) is 47.2. The molecule has 0 aliphatic heterocycles. The first-order valence-corrected chi connectivity index (χ1v) is 33.2. The maximum Gasteiger partial charge on any atom is 0.417 e. The van der Waals surface area contributed by atoms with Gasteiger partial charge in [-0.05, 0) is 91.9 Å². The molecule has 0 bridgehead atoms. The second kappa shape index (κ2) is 43.3. The molecule has 11 amide bonds. The molecule has 35 heteroatoms. The molecule has 2 aromatic carbocycles. The summed E-state index contributed by atoms with van der Waals surface area (Å²) < 4.78 is 10.9. The minimum atomic E-state index is -2.55. The number of nitrogens with zero attached hydrogens (tertiary/aromatic N) is 2. The average Bonchev–Trinajstić information content (AvgIpc) is 0.822. The molecule has 3 unspecified atom stereocenters. The molecule has 0 saturated carbocycles. The minimum Gasteiger partial charge on any atom is -0.480 e. The van der Waals surface area contributed by atoms with Gasteiger partial charge in [-0.3, -0.25) is 52.9 Å². The number of hydrogen-bond donors (Lipinski definition) is 18. The molecule has 23 N–H and O–H groups in total. The number of guanidine groups is 1. The number of carbonyl (C=O) groups excluding carboxylic acids is 12. The molecule has 0 heterocycles. The summed E-state index contributed by atoms with van der Waals surface area (Å²) in [6, 6.07) is -3.20. The molecule has 0 radical (unpaired) electrons. The summed E-state index contributed by atoms with van der Waals surface area (Å²) in [7, 11) is 0. The molecule has 2 rings (SSSR count). The van der Waals surface area contributed by atoms with Crippen molar-refractivity contribution in [1.82, 2.24) is 47.4 Å². The highest BCUT2D eigenvalue weighted by Gasteiger charge is 2.42. The predicted octanol–water partition coefficient (Wildman–Crippen LogP) is -3.61. The molecule has 0 aromatic heterocycles. The second-order valence-corrected chi connectivity index (χ2v) is 26.2. The maximum absolute atomic E-state index is 14.5. The lowest BCUT2D eigenvalue weighted by Crippen LogP contribution is -2.62. The molecule has 0 spiro atoms. The van der Waals surface area contributed by atoms with E-state index in [-0.39, 0.29) is 80.1 Å². The standard InChI is InChI=1S/C66H105N15O20/c1-12-36(10)49(79-56(89)42(22-17-23-72-65(70)71)74-57(90)43(25-33(4)5)75-58(91)48(68)52(85)35(8)9)60(93)80-50(37(11)83)59(92)73-29-47(84)78-51(53(86)54(69)87)61(94)77-45(30-82)64(98)101-40-21-16-20-39(27-40)28-46(63(96)97)81(66(99)100-31-38-18-14-13-15-19-38)62(95)44(26-34(6)7)76-55(88)41(67)24-32(2)3/h13-16,18-21,27,32-37,41-46,48-53,82-83,85-86H,12,17,22-26,28-31,67-68H2,1-11H3,(H2,69,87)(H,73,92)(H,74,90)(H,75,91)(H,76,88)(H,77,94)(H,78,84)(H,79,89)(H,80,93)(H,96,97)(H4,70,71,72)/t36-,37-,41+,42+,43-,44-,45?,46-,48-,49-,50-,51?,52?,53-/m0/s1. The average molecular weight is 1430 g/mol. The Labute approximate surface area is 586 Å². The van der Waals surface area contributed by atoms with E-state index >= 15 is 0 Å². The van der Waals surface area contributed by atoms with Crippen LogP contribution < -0.4 is 75.9 Å². The van der Waals surface area contributed by atoms with Crippen molar-refractivity contribution < 1.29 is 97.3 Å². The Hall–Kier alpha value is -9.42. The zero-order chi connectivity index (χ0) is 76.7. The fourth-order valence-corrected chi connectivity index (χ4v) is 9.93. The van der Waals surface area contributed by atoms with Crippen LogP contribution >= 0.6 is 0 Å². The summed E-state index contributed by atoms with van der Waals surface area (Å²) in [4.78, 5) is 181. The molecular formula is C66H105N15O20. The Morgan fingerprint density at radius 3 is 1.68 bits per heavy atom. The predicted molar refractivity (Wildman–Crippen MR) is 366 cm³/mol. The Kier molecular flexibility index (Phi) is 37.6. The number of primary amides is 1. The number of rotatable bonds is 43. The summed E-state index contributed by atoms with van der Waals surface area (Å²) in [5, 5.41) is 71.8. The number of carbonyl (C=O) groups is 13. The number of aliphatic hydroxyl groups is 4. The number of esters is 1. The van der Waals surface area contributed by atoms with E-state index in [4.69, 9.17) is 38.1 Å². The van der Waals surface area contributed by atoms with E-state index in [0.717, 1.165) is 13.0 Å². The third kappa shape index (κ3) is 30.1. The highest BCUT2D eigenvalue weighted by atomic mass is 16.6. The van der Waals surface area contributed by atoms with Crippen LogP contribution in [0.5, 0.6) is 5.75 Å². The molecule has 101 heavy (non-hydrogen) atoms. The lowest BCUT2D eigenvalue weighted by Gasteiger charge is -2.31. The SMILES string of the molecule is CC[C@H](C)[C@H](NC(=O)[C@@H](CCCN=C(N)N)NC(=O)[C@H](CC(C)C)NC(=O)[C@@H](N)C(O)C(C)C)C(=O)N[C@H](C(=O)NCC(=O)NC(C(=O)NC(CO)C(=O)Oc1cccc(C[C@@H](C(=O)O)N(C(=O)OCc2ccccc2)C(=O)[C@H](CC(C)C)NC(=O)[C@H](N)CC(C)C)c1)[C@H](O)C(N)=O)[C@H](C)O. The Morgan fingerprint density at radius 2 is 1.14 bits per heavy atom. The van der Waals surface area contributed by atoms with Crippen LogP contribution in [0.4, 0.5) is 4.79 Å². The smallest absolute Gasteiger partial charge is 0.417 e.